The molecule has 0 aliphatic carbocycles. The summed E-state index contributed by atoms with van der Waals surface area (Å²) < 4.78 is 25.2. The topological polar surface area (TPSA) is 94.5 Å². The molecule has 8 nitrogen and oxygen atoms in total. The van der Waals surface area contributed by atoms with Gasteiger partial charge in [0, 0.05) is 11.6 Å². The number of benzene rings is 2. The van der Waals surface area contributed by atoms with E-state index in [1.54, 1.807) is 36.5 Å². The minimum Gasteiger partial charge on any atom is -0.497 e. The zero-order chi connectivity index (χ0) is 21.3. The van der Waals surface area contributed by atoms with Gasteiger partial charge in [-0.25, -0.2) is 9.07 Å². The number of halogens is 1. The Hall–Kier alpha value is -3.88. The molecule has 4 rings (SSSR count). The molecule has 0 saturated carbocycles. The maximum absolute atomic E-state index is 13.3. The van der Waals surface area contributed by atoms with Crippen LogP contribution in [0, 0.1) is 5.82 Å². The molecule has 2 aromatic carbocycles. The Labute approximate surface area is 171 Å². The van der Waals surface area contributed by atoms with Crippen molar-refractivity contribution in [2.75, 3.05) is 24.9 Å². The first-order chi connectivity index (χ1) is 14.5. The van der Waals surface area contributed by atoms with Gasteiger partial charge in [-0.2, -0.15) is 5.10 Å². The highest BCUT2D eigenvalue weighted by molar-refractivity contribution is 6.03. The Morgan fingerprint density at radius 2 is 1.97 bits per heavy atom. The van der Waals surface area contributed by atoms with Gasteiger partial charge in [0.05, 0.1) is 32.5 Å². The van der Waals surface area contributed by atoms with Crippen molar-refractivity contribution in [3.8, 4) is 22.6 Å². The molecule has 2 amide bonds. The van der Waals surface area contributed by atoms with Gasteiger partial charge in [0.25, 0.3) is 0 Å². The van der Waals surface area contributed by atoms with Gasteiger partial charge in [-0.05, 0) is 29.8 Å². The van der Waals surface area contributed by atoms with Crippen molar-refractivity contribution in [2.24, 2.45) is 0 Å². The summed E-state index contributed by atoms with van der Waals surface area (Å²) in [7, 11) is 3.01. The first-order valence-corrected chi connectivity index (χ1v) is 9.16. The van der Waals surface area contributed by atoms with Gasteiger partial charge in [-0.3, -0.25) is 9.59 Å². The predicted molar refractivity (Wildman–Crippen MR) is 108 cm³/mol. The summed E-state index contributed by atoms with van der Waals surface area (Å²) in [6.07, 6.45) is 1.47. The number of aromatic nitrogens is 2. The Balaban J connectivity index is 1.66. The van der Waals surface area contributed by atoms with E-state index in [0.29, 0.717) is 34.1 Å². The lowest BCUT2D eigenvalue weighted by Crippen LogP contribution is -2.35. The van der Waals surface area contributed by atoms with Crippen molar-refractivity contribution in [3.05, 3.63) is 54.5 Å². The van der Waals surface area contributed by atoms with E-state index in [9.17, 15) is 14.0 Å². The number of anilines is 2. The van der Waals surface area contributed by atoms with Gasteiger partial charge in [-0.1, -0.05) is 12.1 Å². The van der Waals surface area contributed by atoms with E-state index >= 15 is 0 Å². The molecule has 1 aliphatic rings. The molecule has 0 unspecified atom stereocenters. The molecule has 1 aliphatic heterocycles. The van der Waals surface area contributed by atoms with Crippen LogP contribution in [0.2, 0.25) is 0 Å². The summed E-state index contributed by atoms with van der Waals surface area (Å²) in [6, 6.07) is 9.98. The van der Waals surface area contributed by atoms with Crippen molar-refractivity contribution < 1.29 is 23.5 Å². The second-order valence-corrected chi connectivity index (χ2v) is 6.68. The summed E-state index contributed by atoms with van der Waals surface area (Å²) in [5.74, 6) is 0.280. The van der Waals surface area contributed by atoms with Crippen molar-refractivity contribution in [2.45, 2.75) is 12.5 Å². The number of nitrogens with one attached hydrogen (secondary N) is 2. The van der Waals surface area contributed by atoms with Crippen LogP contribution in [-0.2, 0) is 9.59 Å². The molecule has 3 aromatic rings. The normalized spacial score (nSPS) is 15.2. The Morgan fingerprint density at radius 1 is 1.20 bits per heavy atom. The van der Waals surface area contributed by atoms with Crippen molar-refractivity contribution in [3.63, 3.8) is 0 Å². The summed E-state index contributed by atoms with van der Waals surface area (Å²) >= 11 is 0. The molecular weight excluding hydrogens is 391 g/mol. The SMILES string of the molecule is COc1ccc(OC)c(NC(=O)[C@H]2CC(=O)Nc3c(-c4ccc(F)cc4)cnn32)c1. The fourth-order valence-electron chi connectivity index (χ4n) is 3.34. The minimum atomic E-state index is -0.862. The average molecular weight is 410 g/mol. The number of hydrogen-bond acceptors (Lipinski definition) is 5. The fraction of sp³-hybridized carbons (Fsp3) is 0.190. The molecule has 2 N–H and O–H groups in total. The molecular formula is C21H19FN4O4. The molecule has 0 saturated heterocycles. The van der Waals surface area contributed by atoms with Crippen LogP contribution >= 0.6 is 0 Å². The van der Waals surface area contributed by atoms with Crippen molar-refractivity contribution in [1.29, 1.82) is 0 Å². The molecule has 0 bridgehead atoms. The molecule has 0 spiro atoms. The average Bonchev–Trinajstić information content (AvgIpc) is 3.17. The lowest BCUT2D eigenvalue weighted by molar-refractivity contribution is -0.125. The van der Waals surface area contributed by atoms with Gasteiger partial charge < -0.3 is 20.1 Å². The van der Waals surface area contributed by atoms with Crippen LogP contribution in [0.5, 0.6) is 11.5 Å². The van der Waals surface area contributed by atoms with Crippen LogP contribution in [0.4, 0.5) is 15.9 Å². The molecule has 30 heavy (non-hydrogen) atoms. The zero-order valence-corrected chi connectivity index (χ0v) is 16.3. The van der Waals surface area contributed by atoms with E-state index < -0.39 is 11.9 Å². The van der Waals surface area contributed by atoms with Crippen LogP contribution in [0.3, 0.4) is 0 Å². The highest BCUT2D eigenvalue weighted by atomic mass is 19.1. The number of methoxy groups -OCH3 is 2. The number of carbonyl (C=O) groups is 2. The van der Waals surface area contributed by atoms with E-state index in [1.165, 1.54) is 31.0 Å². The van der Waals surface area contributed by atoms with Gasteiger partial charge in [0.2, 0.25) is 11.8 Å². The van der Waals surface area contributed by atoms with Crippen LogP contribution in [0.25, 0.3) is 11.1 Å². The van der Waals surface area contributed by atoms with E-state index in [4.69, 9.17) is 9.47 Å². The smallest absolute Gasteiger partial charge is 0.249 e. The lowest BCUT2D eigenvalue weighted by atomic mass is 10.1. The van der Waals surface area contributed by atoms with E-state index in [1.807, 2.05) is 0 Å². The van der Waals surface area contributed by atoms with Gasteiger partial charge in [0.1, 0.15) is 29.2 Å². The van der Waals surface area contributed by atoms with Gasteiger partial charge >= 0.3 is 0 Å². The van der Waals surface area contributed by atoms with E-state index in [2.05, 4.69) is 15.7 Å². The fourth-order valence-corrected chi connectivity index (χ4v) is 3.34. The Morgan fingerprint density at radius 3 is 2.67 bits per heavy atom. The Bertz CT molecular complexity index is 1110. The molecule has 0 radical (unpaired) electrons. The third-order valence-electron chi connectivity index (χ3n) is 4.85. The monoisotopic (exact) mass is 410 g/mol. The molecule has 154 valence electrons. The van der Waals surface area contributed by atoms with Crippen LogP contribution in [0.15, 0.2) is 48.7 Å². The van der Waals surface area contributed by atoms with E-state index in [0.717, 1.165) is 0 Å². The zero-order valence-electron chi connectivity index (χ0n) is 16.3. The number of fused-ring (bicyclic) bond motifs is 1. The van der Waals surface area contributed by atoms with Gasteiger partial charge in [0.15, 0.2) is 0 Å². The van der Waals surface area contributed by atoms with Crippen LogP contribution < -0.4 is 20.1 Å². The number of carbonyl (C=O) groups excluding carboxylic acids is 2. The van der Waals surface area contributed by atoms with E-state index in [-0.39, 0.29) is 18.1 Å². The first kappa shape index (κ1) is 19.4. The van der Waals surface area contributed by atoms with Crippen molar-refractivity contribution in [1.82, 2.24) is 9.78 Å². The summed E-state index contributed by atoms with van der Waals surface area (Å²) in [5, 5.41) is 9.85. The quantitative estimate of drug-likeness (QED) is 0.674. The maximum atomic E-state index is 13.3. The lowest BCUT2D eigenvalue weighted by Gasteiger charge is -2.25. The number of amides is 2. The predicted octanol–water partition coefficient (Wildman–Crippen LogP) is 3.23. The highest BCUT2D eigenvalue weighted by Gasteiger charge is 2.33. The molecule has 1 aromatic heterocycles. The molecule has 9 heteroatoms. The third-order valence-corrected chi connectivity index (χ3v) is 4.85. The second kappa shape index (κ2) is 7.86. The summed E-state index contributed by atoms with van der Waals surface area (Å²) in [5.41, 5.74) is 1.69. The molecule has 1 atom stereocenters. The first-order valence-electron chi connectivity index (χ1n) is 9.16. The van der Waals surface area contributed by atoms with Crippen molar-refractivity contribution >= 4 is 23.3 Å². The Kier molecular flexibility index (Phi) is 5.09. The van der Waals surface area contributed by atoms with Gasteiger partial charge in [-0.15, -0.1) is 0 Å². The minimum absolute atomic E-state index is 0.0738. The maximum Gasteiger partial charge on any atom is 0.249 e. The third kappa shape index (κ3) is 3.57. The number of rotatable bonds is 5. The largest absolute Gasteiger partial charge is 0.497 e. The summed E-state index contributed by atoms with van der Waals surface area (Å²) in [4.78, 5) is 25.4. The second-order valence-electron chi connectivity index (χ2n) is 6.68. The van der Waals surface area contributed by atoms with Crippen LogP contribution in [0.1, 0.15) is 12.5 Å². The number of hydrogen-bond donors (Lipinski definition) is 2. The highest BCUT2D eigenvalue weighted by Crippen LogP contribution is 2.35. The molecule has 2 heterocycles. The number of nitrogens with zero attached hydrogens (tertiary/aromatic N) is 2. The van der Waals surface area contributed by atoms with Crippen LogP contribution in [-0.4, -0.2) is 35.8 Å². The standard InChI is InChI=1S/C21H19FN4O4/c1-29-14-7-8-18(30-2)16(9-14)24-21(28)17-10-19(27)25-20-15(11-23-26(17)20)12-3-5-13(22)6-4-12/h3-9,11,17H,10H2,1-2H3,(H,24,28)(H,25,27)/t17-/m1/s1. The molecule has 0 fully saturated rings. The summed E-state index contributed by atoms with van der Waals surface area (Å²) in [6.45, 7) is 0. The number of ether oxygens (including phenoxy) is 2.